The Morgan fingerprint density at radius 2 is 1.88 bits per heavy atom. The molecule has 3 aromatic rings. The lowest BCUT2D eigenvalue weighted by atomic mass is 10.0. The van der Waals surface area contributed by atoms with E-state index in [0.29, 0.717) is 46.0 Å². The first-order valence-electron chi connectivity index (χ1n) is 9.51. The summed E-state index contributed by atoms with van der Waals surface area (Å²) in [6.07, 6.45) is 2.16. The number of halogens is 3. The van der Waals surface area contributed by atoms with Gasteiger partial charge in [0.05, 0.1) is 29.8 Å². The number of benzene rings is 2. The number of carbonyl (C=O) groups is 1. The average Bonchev–Trinajstić information content (AvgIpc) is 3.23. The largest absolute Gasteiger partial charge is 0.495 e. The quantitative estimate of drug-likeness (QED) is 0.462. The number of methoxy groups -OCH3 is 2. The maximum Gasteiger partial charge on any atom is 0.320 e. The molecule has 2 aromatic carbocycles. The zero-order valence-electron chi connectivity index (χ0n) is 17.2. The van der Waals surface area contributed by atoms with Gasteiger partial charge in [0.15, 0.2) is 0 Å². The van der Waals surface area contributed by atoms with E-state index in [4.69, 9.17) is 37.8 Å². The van der Waals surface area contributed by atoms with Crippen LogP contribution < -0.4 is 20.1 Å². The van der Waals surface area contributed by atoms with Crippen LogP contribution in [-0.2, 0) is 4.79 Å². The highest BCUT2D eigenvalue weighted by Gasteiger charge is 2.29. The maximum absolute atomic E-state index is 11.1. The SMILES string of the molecule is COc1cc(OC)c(Cl)c(-c2ccc3nc(N[C@@H]4CN[C@H](C(=O)O)C4)ncc3c2)c1Cl.Cl. The van der Waals surface area contributed by atoms with Crippen LogP contribution in [0, 0.1) is 0 Å². The molecule has 1 fully saturated rings. The molecule has 1 aliphatic heterocycles. The predicted octanol–water partition coefficient (Wildman–Crippen LogP) is 4.27. The Labute approximate surface area is 200 Å². The van der Waals surface area contributed by atoms with E-state index in [1.807, 2.05) is 18.2 Å². The Hall–Kier alpha value is -2.52. The van der Waals surface area contributed by atoms with Crippen LogP contribution in [0.3, 0.4) is 0 Å². The lowest BCUT2D eigenvalue weighted by Crippen LogP contribution is -2.30. The first-order chi connectivity index (χ1) is 14.9. The second-order valence-electron chi connectivity index (χ2n) is 7.13. The van der Waals surface area contributed by atoms with Crippen molar-refractivity contribution >= 4 is 58.4 Å². The van der Waals surface area contributed by atoms with Crippen molar-refractivity contribution in [2.24, 2.45) is 0 Å². The number of nitrogens with zero attached hydrogens (tertiary/aromatic N) is 2. The molecule has 0 unspecified atom stereocenters. The molecule has 0 amide bonds. The fourth-order valence-electron chi connectivity index (χ4n) is 3.61. The number of anilines is 1. The molecule has 2 atom stereocenters. The minimum Gasteiger partial charge on any atom is -0.495 e. The van der Waals surface area contributed by atoms with E-state index in [9.17, 15) is 4.79 Å². The van der Waals surface area contributed by atoms with Crippen LogP contribution in [-0.4, -0.2) is 53.9 Å². The Morgan fingerprint density at radius 1 is 1.19 bits per heavy atom. The predicted molar refractivity (Wildman–Crippen MR) is 127 cm³/mol. The summed E-state index contributed by atoms with van der Waals surface area (Å²) >= 11 is 13.1. The number of nitrogens with one attached hydrogen (secondary N) is 2. The molecule has 170 valence electrons. The topological polar surface area (TPSA) is 106 Å². The molecule has 32 heavy (non-hydrogen) atoms. The molecule has 4 rings (SSSR count). The third kappa shape index (κ3) is 4.63. The highest BCUT2D eigenvalue weighted by Crippen LogP contribution is 2.46. The van der Waals surface area contributed by atoms with Gasteiger partial charge in [-0.15, -0.1) is 12.4 Å². The summed E-state index contributed by atoms with van der Waals surface area (Å²) in [7, 11) is 3.05. The zero-order chi connectivity index (χ0) is 22.1. The molecule has 1 aliphatic rings. The number of hydrogen-bond acceptors (Lipinski definition) is 7. The summed E-state index contributed by atoms with van der Waals surface area (Å²) in [4.78, 5) is 20.0. The first-order valence-corrected chi connectivity index (χ1v) is 10.3. The Morgan fingerprint density at radius 3 is 2.47 bits per heavy atom. The number of fused-ring (bicyclic) bond motifs is 1. The fraction of sp³-hybridized carbons (Fsp3) is 0.286. The number of rotatable bonds is 6. The third-order valence-corrected chi connectivity index (χ3v) is 5.95. The Balaban J connectivity index is 0.00000289. The van der Waals surface area contributed by atoms with E-state index in [-0.39, 0.29) is 18.4 Å². The smallest absolute Gasteiger partial charge is 0.320 e. The van der Waals surface area contributed by atoms with Crippen LogP contribution in [0.15, 0.2) is 30.5 Å². The van der Waals surface area contributed by atoms with Gasteiger partial charge in [0.25, 0.3) is 0 Å². The Kier molecular flexibility index (Phi) is 7.51. The molecule has 0 saturated carbocycles. The number of aromatic nitrogens is 2. The van der Waals surface area contributed by atoms with Crippen molar-refractivity contribution < 1.29 is 19.4 Å². The van der Waals surface area contributed by atoms with Crippen LogP contribution in [0.5, 0.6) is 11.5 Å². The van der Waals surface area contributed by atoms with Gasteiger partial charge in [-0.05, 0) is 24.1 Å². The van der Waals surface area contributed by atoms with Gasteiger partial charge in [-0.3, -0.25) is 4.79 Å². The summed E-state index contributed by atoms with van der Waals surface area (Å²) in [5.41, 5.74) is 2.10. The molecule has 0 radical (unpaired) electrons. The van der Waals surface area contributed by atoms with Gasteiger partial charge in [-0.25, -0.2) is 9.97 Å². The minimum atomic E-state index is -0.859. The zero-order valence-corrected chi connectivity index (χ0v) is 19.5. The van der Waals surface area contributed by atoms with Crippen molar-refractivity contribution in [2.75, 3.05) is 26.1 Å². The Bertz CT molecular complexity index is 1130. The molecule has 0 spiro atoms. The molecule has 8 nitrogen and oxygen atoms in total. The second-order valence-corrected chi connectivity index (χ2v) is 7.88. The van der Waals surface area contributed by atoms with E-state index < -0.39 is 12.0 Å². The van der Waals surface area contributed by atoms with Gasteiger partial charge in [0.2, 0.25) is 5.95 Å². The van der Waals surface area contributed by atoms with E-state index >= 15 is 0 Å². The second kappa shape index (κ2) is 9.95. The number of aliphatic carboxylic acids is 1. The van der Waals surface area contributed by atoms with Gasteiger partial charge in [0.1, 0.15) is 17.5 Å². The van der Waals surface area contributed by atoms with Gasteiger partial charge >= 0.3 is 5.97 Å². The molecule has 1 saturated heterocycles. The van der Waals surface area contributed by atoms with Crippen molar-refractivity contribution in [3.63, 3.8) is 0 Å². The maximum atomic E-state index is 11.1. The fourth-order valence-corrected chi connectivity index (χ4v) is 4.33. The standard InChI is InChI=1S/C21H20Cl2N4O4.ClH/c1-30-15-7-16(31-2)19(23)17(18(15)22)10-3-4-13-11(5-10)8-25-21(27-13)26-12-6-14(20(28)29)24-9-12;/h3-5,7-8,12,14,24H,6,9H2,1-2H3,(H,28,29)(H,25,26,27);1H/t12-,14-;/m0./s1. The minimum absolute atomic E-state index is 0. The van der Waals surface area contributed by atoms with Crippen molar-refractivity contribution in [2.45, 2.75) is 18.5 Å². The summed E-state index contributed by atoms with van der Waals surface area (Å²) in [5.74, 6) is 0.497. The monoisotopic (exact) mass is 498 g/mol. The molecule has 0 bridgehead atoms. The van der Waals surface area contributed by atoms with Gasteiger partial charge in [-0.2, -0.15) is 0 Å². The molecule has 0 aliphatic carbocycles. The van der Waals surface area contributed by atoms with Crippen LogP contribution in [0.1, 0.15) is 6.42 Å². The van der Waals surface area contributed by atoms with Crippen LogP contribution in [0.25, 0.3) is 22.0 Å². The molecule has 11 heteroatoms. The number of hydrogen-bond donors (Lipinski definition) is 3. The van der Waals surface area contributed by atoms with Gasteiger partial charge in [-0.1, -0.05) is 29.3 Å². The average molecular weight is 500 g/mol. The normalized spacial score (nSPS) is 17.6. The number of carboxylic acid groups (broad SMARTS) is 1. The molecular formula is C21H21Cl3N4O4. The van der Waals surface area contributed by atoms with Crippen molar-refractivity contribution in [1.82, 2.24) is 15.3 Å². The van der Waals surface area contributed by atoms with E-state index in [0.717, 1.165) is 16.5 Å². The summed E-state index contributed by atoms with van der Waals surface area (Å²) in [6.45, 7) is 0.534. The summed E-state index contributed by atoms with van der Waals surface area (Å²) in [5, 5.41) is 16.8. The lowest BCUT2D eigenvalue weighted by molar-refractivity contribution is -0.139. The van der Waals surface area contributed by atoms with Crippen LogP contribution in [0.4, 0.5) is 5.95 Å². The lowest BCUT2D eigenvalue weighted by Gasteiger charge is -2.15. The molecule has 3 N–H and O–H groups in total. The van der Waals surface area contributed by atoms with E-state index in [2.05, 4.69) is 20.6 Å². The van der Waals surface area contributed by atoms with E-state index in [1.165, 1.54) is 14.2 Å². The van der Waals surface area contributed by atoms with Gasteiger partial charge < -0.3 is 25.2 Å². The molecule has 2 heterocycles. The highest BCUT2D eigenvalue weighted by molar-refractivity contribution is 6.41. The summed E-state index contributed by atoms with van der Waals surface area (Å²) in [6, 6.07) is 6.63. The molecule has 1 aromatic heterocycles. The number of carboxylic acids is 1. The van der Waals surface area contributed by atoms with Gasteiger partial charge in [0, 0.05) is 35.8 Å². The number of ether oxygens (including phenoxy) is 2. The van der Waals surface area contributed by atoms with Crippen LogP contribution >= 0.6 is 35.6 Å². The van der Waals surface area contributed by atoms with E-state index in [1.54, 1.807) is 12.3 Å². The summed E-state index contributed by atoms with van der Waals surface area (Å²) < 4.78 is 10.7. The first kappa shape index (κ1) is 24.1. The molecular weight excluding hydrogens is 479 g/mol. The van der Waals surface area contributed by atoms with Crippen LogP contribution in [0.2, 0.25) is 10.0 Å². The van der Waals surface area contributed by atoms with Crippen molar-refractivity contribution in [3.8, 4) is 22.6 Å². The van der Waals surface area contributed by atoms with Crippen molar-refractivity contribution in [1.29, 1.82) is 0 Å². The van der Waals surface area contributed by atoms with Crippen molar-refractivity contribution in [3.05, 3.63) is 40.5 Å². The third-order valence-electron chi connectivity index (χ3n) is 5.20. The highest BCUT2D eigenvalue weighted by atomic mass is 35.5.